The Labute approximate surface area is 67.9 Å². The van der Waals surface area contributed by atoms with Crippen molar-refractivity contribution < 1.29 is 9.53 Å². The molecule has 66 valence electrons. The summed E-state index contributed by atoms with van der Waals surface area (Å²) >= 11 is 0. The highest BCUT2D eigenvalue weighted by atomic mass is 16.5. The van der Waals surface area contributed by atoms with Gasteiger partial charge in [-0.1, -0.05) is 6.92 Å². The summed E-state index contributed by atoms with van der Waals surface area (Å²) < 4.78 is 4.56. The second-order valence-corrected chi connectivity index (χ2v) is 3.62. The summed E-state index contributed by atoms with van der Waals surface area (Å²) in [6.45, 7) is 5.61. The Morgan fingerprint density at radius 3 is 2.36 bits per heavy atom. The molecule has 0 aliphatic carbocycles. The van der Waals surface area contributed by atoms with Gasteiger partial charge in [0.2, 0.25) is 0 Å². The van der Waals surface area contributed by atoms with Crippen molar-refractivity contribution in [3.05, 3.63) is 0 Å². The lowest BCUT2D eigenvalue weighted by Crippen LogP contribution is -2.35. The van der Waals surface area contributed by atoms with Gasteiger partial charge in [-0.2, -0.15) is 0 Å². The van der Waals surface area contributed by atoms with Gasteiger partial charge in [-0.05, 0) is 20.3 Å². The van der Waals surface area contributed by atoms with Crippen LogP contribution in [0.25, 0.3) is 0 Å². The molecule has 0 aromatic carbocycles. The van der Waals surface area contributed by atoms with Crippen molar-refractivity contribution in [1.29, 1.82) is 0 Å². The molecule has 0 spiro atoms. The molecule has 0 saturated heterocycles. The van der Waals surface area contributed by atoms with Crippen LogP contribution in [0.3, 0.4) is 0 Å². The molecule has 1 atom stereocenters. The van der Waals surface area contributed by atoms with E-state index in [4.69, 9.17) is 5.73 Å². The van der Waals surface area contributed by atoms with Crippen LogP contribution >= 0.6 is 0 Å². The summed E-state index contributed by atoms with van der Waals surface area (Å²) in [6, 6.07) is 0. The van der Waals surface area contributed by atoms with Crippen molar-refractivity contribution in [2.24, 2.45) is 11.7 Å². The number of rotatable bonds is 3. The van der Waals surface area contributed by atoms with E-state index in [9.17, 15) is 4.79 Å². The van der Waals surface area contributed by atoms with Crippen LogP contribution in [0.15, 0.2) is 0 Å². The van der Waals surface area contributed by atoms with Gasteiger partial charge in [-0.3, -0.25) is 4.79 Å². The fourth-order valence-corrected chi connectivity index (χ4v) is 1.07. The first-order valence-corrected chi connectivity index (χ1v) is 3.73. The van der Waals surface area contributed by atoms with Gasteiger partial charge in [0.1, 0.15) is 0 Å². The molecule has 2 N–H and O–H groups in total. The number of carbonyl (C=O) groups excluding carboxylic acids is 1. The zero-order valence-corrected chi connectivity index (χ0v) is 7.68. The van der Waals surface area contributed by atoms with Crippen molar-refractivity contribution in [2.45, 2.75) is 32.7 Å². The lowest BCUT2D eigenvalue weighted by atomic mass is 9.93. The molecule has 0 aliphatic heterocycles. The van der Waals surface area contributed by atoms with Gasteiger partial charge in [-0.25, -0.2) is 0 Å². The van der Waals surface area contributed by atoms with Crippen LogP contribution in [0.1, 0.15) is 27.2 Å². The smallest absolute Gasteiger partial charge is 0.308 e. The van der Waals surface area contributed by atoms with Crippen LogP contribution < -0.4 is 5.73 Å². The van der Waals surface area contributed by atoms with Gasteiger partial charge in [0.05, 0.1) is 13.0 Å². The van der Waals surface area contributed by atoms with E-state index in [0.717, 1.165) is 0 Å². The minimum absolute atomic E-state index is 0.111. The van der Waals surface area contributed by atoms with Gasteiger partial charge >= 0.3 is 5.97 Å². The van der Waals surface area contributed by atoms with E-state index in [1.807, 2.05) is 20.8 Å². The van der Waals surface area contributed by atoms with Crippen LogP contribution in [0.4, 0.5) is 0 Å². The molecule has 0 rings (SSSR count). The second-order valence-electron chi connectivity index (χ2n) is 3.62. The van der Waals surface area contributed by atoms with Crippen molar-refractivity contribution >= 4 is 5.97 Å². The molecule has 0 bridgehead atoms. The summed E-state index contributed by atoms with van der Waals surface area (Å²) in [7, 11) is 1.39. The van der Waals surface area contributed by atoms with Crippen molar-refractivity contribution in [2.75, 3.05) is 7.11 Å². The number of methoxy groups -OCH3 is 1. The lowest BCUT2D eigenvalue weighted by Gasteiger charge is -2.21. The molecule has 0 aromatic heterocycles. The molecule has 0 saturated carbocycles. The molecule has 0 heterocycles. The normalized spacial score (nSPS) is 14.3. The van der Waals surface area contributed by atoms with Crippen LogP contribution in [0.2, 0.25) is 0 Å². The van der Waals surface area contributed by atoms with Gasteiger partial charge in [0.25, 0.3) is 0 Å². The topological polar surface area (TPSA) is 52.3 Å². The van der Waals surface area contributed by atoms with E-state index in [1.165, 1.54) is 7.11 Å². The van der Waals surface area contributed by atoms with E-state index in [2.05, 4.69) is 4.74 Å². The lowest BCUT2D eigenvalue weighted by molar-refractivity contribution is -0.145. The molecular formula is C8H17NO2. The Hall–Kier alpha value is -0.570. The molecule has 0 radical (unpaired) electrons. The average molecular weight is 159 g/mol. The third-order valence-corrected chi connectivity index (χ3v) is 1.44. The predicted octanol–water partition coefficient (Wildman–Crippen LogP) is 0.923. The van der Waals surface area contributed by atoms with Crippen LogP contribution in [-0.4, -0.2) is 18.6 Å². The number of esters is 1. The van der Waals surface area contributed by atoms with Crippen LogP contribution in [0, 0.1) is 5.92 Å². The molecule has 0 unspecified atom stereocenters. The third kappa shape index (κ3) is 4.79. The Bertz CT molecular complexity index is 138. The largest absolute Gasteiger partial charge is 0.469 e. The molecule has 0 aliphatic rings. The molecule has 11 heavy (non-hydrogen) atoms. The standard InChI is InChI=1S/C8H17NO2/c1-6(7(10)11-4)5-8(2,3)9/h6H,5,9H2,1-4H3/t6-/m0/s1. The quantitative estimate of drug-likeness (QED) is 0.623. The fraction of sp³-hybridized carbons (Fsp3) is 0.875. The minimum Gasteiger partial charge on any atom is -0.469 e. The van der Waals surface area contributed by atoms with Gasteiger partial charge in [0, 0.05) is 5.54 Å². The first-order valence-electron chi connectivity index (χ1n) is 3.73. The maximum Gasteiger partial charge on any atom is 0.308 e. The van der Waals surface area contributed by atoms with Crippen molar-refractivity contribution in [3.8, 4) is 0 Å². The summed E-state index contributed by atoms with van der Waals surface area (Å²) in [5.41, 5.74) is 5.42. The van der Waals surface area contributed by atoms with E-state index in [-0.39, 0.29) is 17.4 Å². The van der Waals surface area contributed by atoms with E-state index >= 15 is 0 Å². The molecule has 3 heteroatoms. The summed E-state index contributed by atoms with van der Waals surface area (Å²) in [5.74, 6) is -0.302. The van der Waals surface area contributed by atoms with E-state index in [0.29, 0.717) is 6.42 Å². The number of hydrogen-bond acceptors (Lipinski definition) is 3. The van der Waals surface area contributed by atoms with Crippen LogP contribution in [0.5, 0.6) is 0 Å². The molecule has 3 nitrogen and oxygen atoms in total. The van der Waals surface area contributed by atoms with E-state index < -0.39 is 0 Å². The Morgan fingerprint density at radius 1 is 1.64 bits per heavy atom. The molecule has 0 aromatic rings. The number of ether oxygens (including phenoxy) is 1. The first-order chi connectivity index (χ1) is 4.87. The molecular weight excluding hydrogens is 142 g/mol. The number of carbonyl (C=O) groups is 1. The second kappa shape index (κ2) is 3.72. The number of hydrogen-bond donors (Lipinski definition) is 1. The SMILES string of the molecule is COC(=O)[C@@H](C)CC(C)(C)N. The highest BCUT2D eigenvalue weighted by Crippen LogP contribution is 2.13. The summed E-state index contributed by atoms with van der Waals surface area (Å²) in [4.78, 5) is 10.9. The van der Waals surface area contributed by atoms with Gasteiger partial charge in [0.15, 0.2) is 0 Å². The molecule has 0 fully saturated rings. The minimum atomic E-state index is -0.298. The highest BCUT2D eigenvalue weighted by Gasteiger charge is 2.21. The van der Waals surface area contributed by atoms with E-state index in [1.54, 1.807) is 0 Å². The van der Waals surface area contributed by atoms with Crippen LogP contribution in [-0.2, 0) is 9.53 Å². The highest BCUT2D eigenvalue weighted by molar-refractivity contribution is 5.71. The van der Waals surface area contributed by atoms with Gasteiger partial charge < -0.3 is 10.5 Å². The zero-order chi connectivity index (χ0) is 9.07. The summed E-state index contributed by atoms with van der Waals surface area (Å²) in [5, 5.41) is 0. The summed E-state index contributed by atoms with van der Waals surface area (Å²) in [6.07, 6.45) is 0.652. The third-order valence-electron chi connectivity index (χ3n) is 1.44. The average Bonchev–Trinajstić information content (AvgIpc) is 1.82. The maximum absolute atomic E-state index is 10.9. The first kappa shape index (κ1) is 10.4. The van der Waals surface area contributed by atoms with Crippen molar-refractivity contribution in [3.63, 3.8) is 0 Å². The Kier molecular flexibility index (Phi) is 3.52. The maximum atomic E-state index is 10.9. The Morgan fingerprint density at radius 2 is 2.09 bits per heavy atom. The predicted molar refractivity (Wildman–Crippen MR) is 44.1 cm³/mol. The Balaban J connectivity index is 3.87. The number of nitrogens with two attached hydrogens (primary N) is 1. The fourth-order valence-electron chi connectivity index (χ4n) is 1.07. The van der Waals surface area contributed by atoms with Gasteiger partial charge in [-0.15, -0.1) is 0 Å². The molecule has 0 amide bonds. The zero-order valence-electron chi connectivity index (χ0n) is 7.68. The van der Waals surface area contributed by atoms with Crippen molar-refractivity contribution in [1.82, 2.24) is 0 Å². The monoisotopic (exact) mass is 159 g/mol.